The third kappa shape index (κ3) is 4.20. The summed E-state index contributed by atoms with van der Waals surface area (Å²) >= 11 is 0. The van der Waals surface area contributed by atoms with Gasteiger partial charge < -0.3 is 14.9 Å². The summed E-state index contributed by atoms with van der Waals surface area (Å²) in [5.41, 5.74) is 9.59. The summed E-state index contributed by atoms with van der Waals surface area (Å²) in [6, 6.07) is 18.3. The van der Waals surface area contributed by atoms with Crippen molar-refractivity contribution in [3.05, 3.63) is 89.4 Å². The van der Waals surface area contributed by atoms with Crippen LogP contribution in [0.1, 0.15) is 34.9 Å². The topological polar surface area (TPSA) is 101 Å². The minimum absolute atomic E-state index is 0.0263. The van der Waals surface area contributed by atoms with Gasteiger partial charge in [0.2, 0.25) is 5.91 Å². The van der Waals surface area contributed by atoms with Crippen LogP contribution in [-0.2, 0) is 22.6 Å². The molecule has 174 valence electrons. The Balaban J connectivity index is 1.41. The number of furan rings is 1. The SMILES string of the molecule is COc1ccc(C2=NN(C(=O)CN3Cc4ccccc4C[C@@H]3C(N)=O)C(c3ccco3)C2)cc1. The van der Waals surface area contributed by atoms with Crippen molar-refractivity contribution >= 4 is 17.5 Å². The monoisotopic (exact) mass is 458 g/mol. The van der Waals surface area contributed by atoms with Gasteiger partial charge in [0, 0.05) is 13.0 Å². The van der Waals surface area contributed by atoms with Crippen molar-refractivity contribution < 1.29 is 18.7 Å². The molecule has 0 saturated carbocycles. The van der Waals surface area contributed by atoms with E-state index in [2.05, 4.69) is 5.10 Å². The van der Waals surface area contributed by atoms with Gasteiger partial charge in [0.25, 0.3) is 5.91 Å². The van der Waals surface area contributed by atoms with Gasteiger partial charge in [0.15, 0.2) is 0 Å². The van der Waals surface area contributed by atoms with Crippen LogP contribution >= 0.6 is 0 Å². The van der Waals surface area contributed by atoms with Gasteiger partial charge in [-0.2, -0.15) is 5.10 Å². The Morgan fingerprint density at radius 1 is 1.06 bits per heavy atom. The summed E-state index contributed by atoms with van der Waals surface area (Å²) < 4.78 is 10.9. The first kappa shape index (κ1) is 21.9. The van der Waals surface area contributed by atoms with Crippen molar-refractivity contribution in [2.24, 2.45) is 10.8 Å². The number of rotatable bonds is 6. The Kier molecular flexibility index (Phi) is 5.90. The highest BCUT2D eigenvalue weighted by Crippen LogP contribution is 2.34. The maximum atomic E-state index is 13.5. The number of carbonyl (C=O) groups excluding carboxylic acids is 2. The lowest BCUT2D eigenvalue weighted by atomic mass is 9.93. The minimum Gasteiger partial charge on any atom is -0.497 e. The van der Waals surface area contributed by atoms with Crippen molar-refractivity contribution in [1.29, 1.82) is 0 Å². The summed E-state index contributed by atoms with van der Waals surface area (Å²) in [6.45, 7) is 0.502. The molecule has 34 heavy (non-hydrogen) atoms. The van der Waals surface area contributed by atoms with Crippen LogP contribution in [0.5, 0.6) is 5.75 Å². The highest BCUT2D eigenvalue weighted by molar-refractivity contribution is 6.03. The van der Waals surface area contributed by atoms with E-state index in [1.165, 1.54) is 5.01 Å². The molecule has 0 spiro atoms. The lowest BCUT2D eigenvalue weighted by Gasteiger charge is -2.35. The zero-order chi connectivity index (χ0) is 23.7. The number of carbonyl (C=O) groups is 2. The third-order valence-electron chi connectivity index (χ3n) is 6.47. The van der Waals surface area contributed by atoms with Gasteiger partial charge >= 0.3 is 0 Å². The van der Waals surface area contributed by atoms with Gasteiger partial charge in [-0.1, -0.05) is 24.3 Å². The summed E-state index contributed by atoms with van der Waals surface area (Å²) in [6.07, 6.45) is 2.60. The Morgan fingerprint density at radius 2 is 1.82 bits per heavy atom. The summed E-state index contributed by atoms with van der Waals surface area (Å²) in [5, 5.41) is 6.17. The molecule has 3 aromatic rings. The zero-order valence-corrected chi connectivity index (χ0v) is 18.9. The smallest absolute Gasteiger partial charge is 0.257 e. The van der Waals surface area contributed by atoms with Crippen LogP contribution in [0.4, 0.5) is 0 Å². The number of hydrazone groups is 1. The number of hydrogen-bond acceptors (Lipinski definition) is 6. The number of benzene rings is 2. The molecule has 0 saturated heterocycles. The molecule has 8 nitrogen and oxygen atoms in total. The molecule has 2 aliphatic rings. The second-order valence-electron chi connectivity index (χ2n) is 8.54. The fourth-order valence-corrected chi connectivity index (χ4v) is 4.67. The second kappa shape index (κ2) is 9.15. The average Bonchev–Trinajstić information content (AvgIpc) is 3.54. The van der Waals surface area contributed by atoms with Crippen LogP contribution < -0.4 is 10.5 Å². The van der Waals surface area contributed by atoms with E-state index in [0.29, 0.717) is 25.1 Å². The average molecular weight is 459 g/mol. The maximum Gasteiger partial charge on any atom is 0.257 e. The molecular formula is C26H26N4O4. The van der Waals surface area contributed by atoms with Gasteiger partial charge in [-0.15, -0.1) is 0 Å². The zero-order valence-electron chi connectivity index (χ0n) is 18.9. The molecule has 0 aliphatic carbocycles. The Hall–Kier alpha value is -3.91. The van der Waals surface area contributed by atoms with Crippen molar-refractivity contribution in [3.63, 3.8) is 0 Å². The number of primary amides is 1. The van der Waals surface area contributed by atoms with Gasteiger partial charge in [-0.3, -0.25) is 14.5 Å². The van der Waals surface area contributed by atoms with Crippen LogP contribution in [0.25, 0.3) is 0 Å². The molecule has 3 heterocycles. The van der Waals surface area contributed by atoms with Crippen molar-refractivity contribution in [3.8, 4) is 5.75 Å². The van der Waals surface area contributed by atoms with Crippen LogP contribution in [0.15, 0.2) is 76.4 Å². The van der Waals surface area contributed by atoms with E-state index in [4.69, 9.17) is 14.9 Å². The number of methoxy groups -OCH3 is 1. The molecule has 1 aromatic heterocycles. The molecule has 2 amide bonds. The highest BCUT2D eigenvalue weighted by Gasteiger charge is 2.38. The first-order chi connectivity index (χ1) is 16.5. The van der Waals surface area contributed by atoms with Crippen LogP contribution in [-0.4, -0.2) is 47.1 Å². The van der Waals surface area contributed by atoms with E-state index < -0.39 is 11.9 Å². The number of fused-ring (bicyclic) bond motifs is 1. The minimum atomic E-state index is -0.548. The molecule has 0 bridgehead atoms. The van der Waals surface area contributed by atoms with Gasteiger partial charge in [0.1, 0.15) is 17.6 Å². The normalized spacial score (nSPS) is 20.0. The lowest BCUT2D eigenvalue weighted by molar-refractivity contribution is -0.136. The van der Waals surface area contributed by atoms with Crippen molar-refractivity contribution in [2.75, 3.05) is 13.7 Å². The molecule has 2 aromatic carbocycles. The largest absolute Gasteiger partial charge is 0.497 e. The Labute approximate surface area is 197 Å². The number of hydrogen-bond donors (Lipinski definition) is 1. The van der Waals surface area contributed by atoms with E-state index in [1.807, 2.05) is 59.5 Å². The molecule has 2 aliphatic heterocycles. The van der Waals surface area contributed by atoms with Crippen LogP contribution in [0.2, 0.25) is 0 Å². The predicted octanol–water partition coefficient (Wildman–Crippen LogP) is 2.88. The Morgan fingerprint density at radius 3 is 2.50 bits per heavy atom. The predicted molar refractivity (Wildman–Crippen MR) is 126 cm³/mol. The summed E-state index contributed by atoms with van der Waals surface area (Å²) in [7, 11) is 1.62. The quantitative estimate of drug-likeness (QED) is 0.612. The number of nitrogens with zero attached hydrogens (tertiary/aromatic N) is 3. The fourth-order valence-electron chi connectivity index (χ4n) is 4.67. The lowest BCUT2D eigenvalue weighted by Crippen LogP contribution is -2.51. The van der Waals surface area contributed by atoms with E-state index >= 15 is 0 Å². The summed E-state index contributed by atoms with van der Waals surface area (Å²) in [5.74, 6) is 0.765. The first-order valence-electron chi connectivity index (χ1n) is 11.2. The van der Waals surface area contributed by atoms with Crippen molar-refractivity contribution in [1.82, 2.24) is 9.91 Å². The molecule has 0 fully saturated rings. The van der Waals surface area contributed by atoms with E-state index in [0.717, 1.165) is 28.2 Å². The Bertz CT molecular complexity index is 1220. The molecule has 0 radical (unpaired) electrons. The third-order valence-corrected chi connectivity index (χ3v) is 6.47. The van der Waals surface area contributed by atoms with E-state index in [-0.39, 0.29) is 18.5 Å². The molecule has 1 unspecified atom stereocenters. The first-order valence-corrected chi connectivity index (χ1v) is 11.2. The van der Waals surface area contributed by atoms with Gasteiger partial charge in [-0.05, 0) is 59.5 Å². The number of amides is 2. The number of nitrogens with two attached hydrogens (primary N) is 1. The fraction of sp³-hybridized carbons (Fsp3) is 0.269. The van der Waals surface area contributed by atoms with Gasteiger partial charge in [0.05, 0.1) is 31.7 Å². The van der Waals surface area contributed by atoms with Crippen LogP contribution in [0.3, 0.4) is 0 Å². The molecule has 2 N–H and O–H groups in total. The molecular weight excluding hydrogens is 432 g/mol. The molecule has 5 rings (SSSR count). The van der Waals surface area contributed by atoms with Crippen LogP contribution in [0, 0.1) is 0 Å². The van der Waals surface area contributed by atoms with Crippen molar-refractivity contribution in [2.45, 2.75) is 31.5 Å². The molecule has 8 heteroatoms. The standard InChI is InChI=1S/C26H26N4O4/c1-33-20-10-8-17(9-11-20)21-14-22(24-7-4-12-34-24)30(28-21)25(31)16-29-15-19-6-3-2-5-18(19)13-23(29)26(27)32/h2-12,22-23H,13-16H2,1H3,(H2,27,32)/t22?,23-/m1/s1. The molecule has 2 atom stereocenters. The highest BCUT2D eigenvalue weighted by atomic mass is 16.5. The second-order valence-corrected chi connectivity index (χ2v) is 8.54. The van der Waals surface area contributed by atoms with E-state index in [1.54, 1.807) is 19.4 Å². The van der Waals surface area contributed by atoms with E-state index in [9.17, 15) is 9.59 Å². The van der Waals surface area contributed by atoms with Gasteiger partial charge in [-0.25, -0.2) is 5.01 Å². The number of ether oxygens (including phenoxy) is 1. The maximum absolute atomic E-state index is 13.5. The summed E-state index contributed by atoms with van der Waals surface area (Å²) in [4.78, 5) is 27.6.